The Bertz CT molecular complexity index is 413. The number of hydrogen-bond donors (Lipinski definition) is 2. The molecule has 0 bridgehead atoms. The van der Waals surface area contributed by atoms with Crippen molar-refractivity contribution in [3.8, 4) is 6.07 Å². The van der Waals surface area contributed by atoms with Gasteiger partial charge in [-0.15, -0.1) is 0 Å². The molecule has 2 rings (SSSR count). The lowest BCUT2D eigenvalue weighted by Gasteiger charge is -2.20. The van der Waals surface area contributed by atoms with E-state index in [-0.39, 0.29) is 6.61 Å². The second kappa shape index (κ2) is 5.65. The van der Waals surface area contributed by atoms with Gasteiger partial charge >= 0.3 is 0 Å². The van der Waals surface area contributed by atoms with Gasteiger partial charge < -0.3 is 10.4 Å². The van der Waals surface area contributed by atoms with Crippen LogP contribution in [0.3, 0.4) is 0 Å². The van der Waals surface area contributed by atoms with Crippen LogP contribution in [0, 0.1) is 17.2 Å². The zero-order chi connectivity index (χ0) is 12.1. The van der Waals surface area contributed by atoms with E-state index in [0.717, 1.165) is 25.1 Å². The third kappa shape index (κ3) is 2.95. The van der Waals surface area contributed by atoms with E-state index in [4.69, 9.17) is 10.4 Å². The first-order chi connectivity index (χ1) is 8.33. The van der Waals surface area contributed by atoms with Crippen LogP contribution in [-0.4, -0.2) is 22.7 Å². The molecule has 1 aliphatic rings. The molecule has 17 heavy (non-hydrogen) atoms. The molecule has 0 aliphatic heterocycles. The quantitative estimate of drug-likeness (QED) is 0.830. The summed E-state index contributed by atoms with van der Waals surface area (Å²) in [4.78, 5) is 4.21. The zero-order valence-corrected chi connectivity index (χ0v) is 9.76. The van der Waals surface area contributed by atoms with Crippen LogP contribution in [0.5, 0.6) is 0 Å². The molecule has 1 heterocycles. The molecule has 0 aromatic carbocycles. The standard InChI is InChI=1S/C13H17N3O/c14-9-11-4-2-6-13(15-11)16-12-5-1-3-10(12)7-8-17/h2,4,6,10,12,17H,1,3,5,7-8H2,(H,15,16). The zero-order valence-electron chi connectivity index (χ0n) is 9.76. The van der Waals surface area contributed by atoms with E-state index in [1.165, 1.54) is 6.42 Å². The van der Waals surface area contributed by atoms with Crippen molar-refractivity contribution in [1.82, 2.24) is 4.98 Å². The molecule has 1 aliphatic carbocycles. The number of aliphatic hydroxyl groups is 1. The maximum atomic E-state index is 9.01. The van der Waals surface area contributed by atoms with Gasteiger partial charge in [-0.1, -0.05) is 12.5 Å². The van der Waals surface area contributed by atoms with Gasteiger partial charge in [0.25, 0.3) is 0 Å². The molecular weight excluding hydrogens is 214 g/mol. The summed E-state index contributed by atoms with van der Waals surface area (Å²) in [5.41, 5.74) is 0.437. The summed E-state index contributed by atoms with van der Waals surface area (Å²) in [7, 11) is 0. The Labute approximate surface area is 101 Å². The lowest BCUT2D eigenvalue weighted by molar-refractivity contribution is 0.254. The number of hydrogen-bond acceptors (Lipinski definition) is 4. The van der Waals surface area contributed by atoms with Crippen LogP contribution in [0.25, 0.3) is 0 Å². The molecule has 2 N–H and O–H groups in total. The van der Waals surface area contributed by atoms with Crippen molar-refractivity contribution in [1.29, 1.82) is 5.26 Å². The lowest BCUT2D eigenvalue weighted by Crippen LogP contribution is -2.25. The molecule has 2 unspecified atom stereocenters. The fraction of sp³-hybridized carbons (Fsp3) is 0.538. The van der Waals surface area contributed by atoms with Crippen molar-refractivity contribution in [2.24, 2.45) is 5.92 Å². The van der Waals surface area contributed by atoms with Crippen LogP contribution in [0.4, 0.5) is 5.82 Å². The summed E-state index contributed by atoms with van der Waals surface area (Å²) in [5.74, 6) is 1.28. The second-order valence-electron chi connectivity index (χ2n) is 4.47. The number of aliphatic hydroxyl groups excluding tert-OH is 1. The highest BCUT2D eigenvalue weighted by molar-refractivity contribution is 5.39. The molecule has 1 aromatic rings. The number of nitrogens with zero attached hydrogens (tertiary/aromatic N) is 2. The van der Waals surface area contributed by atoms with Crippen LogP contribution >= 0.6 is 0 Å². The predicted molar refractivity (Wildman–Crippen MR) is 65.4 cm³/mol. The molecular formula is C13H17N3O. The van der Waals surface area contributed by atoms with Gasteiger partial charge in [-0.05, 0) is 37.3 Å². The Morgan fingerprint density at radius 2 is 2.35 bits per heavy atom. The molecule has 90 valence electrons. The molecule has 0 radical (unpaired) electrons. The van der Waals surface area contributed by atoms with Crippen LogP contribution in [0.15, 0.2) is 18.2 Å². The van der Waals surface area contributed by atoms with Crippen molar-refractivity contribution in [3.63, 3.8) is 0 Å². The summed E-state index contributed by atoms with van der Waals surface area (Å²) in [6, 6.07) is 7.84. The fourth-order valence-corrected chi connectivity index (χ4v) is 2.51. The number of nitriles is 1. The van der Waals surface area contributed by atoms with Gasteiger partial charge in [-0.3, -0.25) is 0 Å². The SMILES string of the molecule is N#Cc1cccc(NC2CCCC2CCO)n1. The highest BCUT2D eigenvalue weighted by Gasteiger charge is 2.26. The summed E-state index contributed by atoms with van der Waals surface area (Å²) in [5, 5.41) is 21.2. The highest BCUT2D eigenvalue weighted by atomic mass is 16.3. The van der Waals surface area contributed by atoms with E-state index in [1.54, 1.807) is 6.07 Å². The lowest BCUT2D eigenvalue weighted by atomic mass is 10.00. The van der Waals surface area contributed by atoms with Crippen LogP contribution < -0.4 is 5.32 Å². The molecule has 1 fully saturated rings. The molecule has 1 aromatic heterocycles. The maximum absolute atomic E-state index is 9.01. The molecule has 0 spiro atoms. The van der Waals surface area contributed by atoms with E-state index in [9.17, 15) is 0 Å². The highest BCUT2D eigenvalue weighted by Crippen LogP contribution is 2.30. The maximum Gasteiger partial charge on any atom is 0.142 e. The topological polar surface area (TPSA) is 68.9 Å². The predicted octanol–water partition coefficient (Wildman–Crippen LogP) is 1.92. The number of rotatable bonds is 4. The first kappa shape index (κ1) is 11.9. The van der Waals surface area contributed by atoms with Gasteiger partial charge in [0.15, 0.2) is 0 Å². The summed E-state index contributed by atoms with van der Waals surface area (Å²) >= 11 is 0. The minimum atomic E-state index is 0.245. The van der Waals surface area contributed by atoms with E-state index in [0.29, 0.717) is 17.7 Å². The van der Waals surface area contributed by atoms with Crippen LogP contribution in [0.1, 0.15) is 31.4 Å². The van der Waals surface area contributed by atoms with Gasteiger partial charge in [-0.2, -0.15) is 5.26 Å². The molecule has 2 atom stereocenters. The molecule has 4 nitrogen and oxygen atoms in total. The van der Waals surface area contributed by atoms with Gasteiger partial charge in [0.2, 0.25) is 0 Å². The number of aromatic nitrogens is 1. The van der Waals surface area contributed by atoms with Gasteiger partial charge in [0.05, 0.1) is 0 Å². The largest absolute Gasteiger partial charge is 0.396 e. The first-order valence-electron chi connectivity index (χ1n) is 6.08. The van der Waals surface area contributed by atoms with Crippen LogP contribution in [0.2, 0.25) is 0 Å². The fourth-order valence-electron chi connectivity index (χ4n) is 2.51. The van der Waals surface area contributed by atoms with Crippen molar-refractivity contribution < 1.29 is 5.11 Å². The molecule has 0 saturated heterocycles. The van der Waals surface area contributed by atoms with E-state index in [1.807, 2.05) is 18.2 Å². The van der Waals surface area contributed by atoms with Gasteiger partial charge in [0.1, 0.15) is 17.6 Å². The number of nitrogens with one attached hydrogen (secondary N) is 1. The smallest absolute Gasteiger partial charge is 0.142 e. The molecule has 0 amide bonds. The Hall–Kier alpha value is -1.60. The Morgan fingerprint density at radius 3 is 3.12 bits per heavy atom. The van der Waals surface area contributed by atoms with E-state index in [2.05, 4.69) is 10.3 Å². The normalized spacial score (nSPS) is 23.3. The minimum absolute atomic E-state index is 0.245. The van der Waals surface area contributed by atoms with Crippen molar-refractivity contribution in [2.45, 2.75) is 31.7 Å². The second-order valence-corrected chi connectivity index (χ2v) is 4.47. The van der Waals surface area contributed by atoms with Crippen molar-refractivity contribution in [3.05, 3.63) is 23.9 Å². The Kier molecular flexibility index (Phi) is 3.94. The Balaban J connectivity index is 2.02. The van der Waals surface area contributed by atoms with Crippen molar-refractivity contribution >= 4 is 5.82 Å². The third-order valence-electron chi connectivity index (χ3n) is 3.36. The summed E-state index contributed by atoms with van der Waals surface area (Å²) < 4.78 is 0. The summed E-state index contributed by atoms with van der Waals surface area (Å²) in [6.07, 6.45) is 4.31. The average Bonchev–Trinajstić information content (AvgIpc) is 2.78. The molecule has 4 heteroatoms. The Morgan fingerprint density at radius 1 is 1.47 bits per heavy atom. The van der Waals surface area contributed by atoms with Gasteiger partial charge in [-0.25, -0.2) is 4.98 Å². The monoisotopic (exact) mass is 231 g/mol. The van der Waals surface area contributed by atoms with Crippen molar-refractivity contribution in [2.75, 3.05) is 11.9 Å². The summed E-state index contributed by atoms with van der Waals surface area (Å²) in [6.45, 7) is 0.245. The number of anilines is 1. The number of pyridine rings is 1. The average molecular weight is 231 g/mol. The molecule has 1 saturated carbocycles. The van der Waals surface area contributed by atoms with E-state index >= 15 is 0 Å². The van der Waals surface area contributed by atoms with E-state index < -0.39 is 0 Å². The minimum Gasteiger partial charge on any atom is -0.396 e. The third-order valence-corrected chi connectivity index (χ3v) is 3.36. The van der Waals surface area contributed by atoms with Crippen LogP contribution in [-0.2, 0) is 0 Å². The first-order valence-corrected chi connectivity index (χ1v) is 6.08. The van der Waals surface area contributed by atoms with Gasteiger partial charge in [0, 0.05) is 12.6 Å².